The summed E-state index contributed by atoms with van der Waals surface area (Å²) in [7, 11) is 0. The number of hydrogen-bond donors (Lipinski definition) is 1. The van der Waals surface area contributed by atoms with Crippen LogP contribution in [0.5, 0.6) is 11.5 Å². The van der Waals surface area contributed by atoms with Crippen LogP contribution < -0.4 is 14.8 Å². The van der Waals surface area contributed by atoms with E-state index in [0.717, 1.165) is 23.1 Å². The quantitative estimate of drug-likeness (QED) is 0.932. The highest BCUT2D eigenvalue weighted by molar-refractivity contribution is 7.09. The number of hydrogen-bond acceptors (Lipinski definition) is 5. The lowest BCUT2D eigenvalue weighted by Crippen LogP contribution is -2.39. The molecule has 1 N–H and O–H groups in total. The average molecular weight is 276 g/mol. The molecule has 0 bridgehead atoms. The average Bonchev–Trinajstić information content (AvgIpc) is 2.99. The van der Waals surface area contributed by atoms with E-state index in [1.807, 2.05) is 35.8 Å². The van der Waals surface area contributed by atoms with Crippen LogP contribution in [0.25, 0.3) is 0 Å². The smallest absolute Gasteiger partial charge is 0.161 e. The fraction of sp³-hybridized carbons (Fsp3) is 0.357. The minimum Gasteiger partial charge on any atom is -0.486 e. The Morgan fingerprint density at radius 2 is 2.26 bits per heavy atom. The van der Waals surface area contributed by atoms with E-state index in [-0.39, 0.29) is 12.1 Å². The first-order valence-corrected chi connectivity index (χ1v) is 7.22. The molecule has 1 aromatic heterocycles. The molecule has 0 saturated heterocycles. The Labute approximate surface area is 116 Å². The van der Waals surface area contributed by atoms with Crippen molar-refractivity contribution in [2.45, 2.75) is 19.1 Å². The second kappa shape index (κ2) is 5.59. The highest BCUT2D eigenvalue weighted by Crippen LogP contribution is 2.30. The molecule has 5 heteroatoms. The number of benzene rings is 1. The van der Waals surface area contributed by atoms with Gasteiger partial charge < -0.3 is 14.8 Å². The molecular formula is C14H16N2O2S. The Morgan fingerprint density at radius 1 is 1.42 bits per heavy atom. The van der Waals surface area contributed by atoms with Crippen molar-refractivity contribution in [2.24, 2.45) is 0 Å². The maximum atomic E-state index is 5.90. The molecule has 1 aliphatic heterocycles. The van der Waals surface area contributed by atoms with Gasteiger partial charge in [-0.1, -0.05) is 12.1 Å². The van der Waals surface area contributed by atoms with E-state index >= 15 is 0 Å². The van der Waals surface area contributed by atoms with Gasteiger partial charge in [-0.25, -0.2) is 4.98 Å². The first-order chi connectivity index (χ1) is 9.33. The van der Waals surface area contributed by atoms with Crippen molar-refractivity contribution in [2.75, 3.05) is 13.2 Å². The predicted octanol–water partition coefficient (Wildman–Crippen LogP) is 2.63. The molecule has 0 unspecified atom stereocenters. The first-order valence-electron chi connectivity index (χ1n) is 6.34. The zero-order valence-electron chi connectivity index (χ0n) is 10.7. The minimum absolute atomic E-state index is 0.0392. The van der Waals surface area contributed by atoms with Gasteiger partial charge in [-0.05, 0) is 19.1 Å². The lowest BCUT2D eigenvalue weighted by atomic mass is 10.2. The van der Waals surface area contributed by atoms with Crippen LogP contribution in [0.1, 0.15) is 18.0 Å². The lowest BCUT2D eigenvalue weighted by Gasteiger charge is -2.27. The second-order valence-electron chi connectivity index (χ2n) is 4.50. The lowest BCUT2D eigenvalue weighted by molar-refractivity contribution is 0.0886. The summed E-state index contributed by atoms with van der Waals surface area (Å²) in [4.78, 5) is 4.30. The molecule has 3 rings (SSSR count). The van der Waals surface area contributed by atoms with Gasteiger partial charge in [0.1, 0.15) is 17.7 Å². The fourth-order valence-electron chi connectivity index (χ4n) is 2.01. The van der Waals surface area contributed by atoms with Gasteiger partial charge in [0.2, 0.25) is 0 Å². The molecular weight excluding hydrogens is 260 g/mol. The molecule has 0 amide bonds. The van der Waals surface area contributed by atoms with E-state index in [9.17, 15) is 0 Å². The first kappa shape index (κ1) is 12.4. The summed E-state index contributed by atoms with van der Waals surface area (Å²) < 4.78 is 11.6. The SMILES string of the molecule is C[C@H](NC[C@@H]1COc2ccccc2O1)c1nccs1. The zero-order chi connectivity index (χ0) is 13.1. The molecule has 1 aliphatic rings. The highest BCUT2D eigenvalue weighted by Gasteiger charge is 2.21. The Hall–Kier alpha value is -1.59. The Morgan fingerprint density at radius 3 is 3.05 bits per heavy atom. The van der Waals surface area contributed by atoms with Gasteiger partial charge in [-0.3, -0.25) is 0 Å². The van der Waals surface area contributed by atoms with Crippen LogP contribution in [0.3, 0.4) is 0 Å². The molecule has 2 atom stereocenters. The van der Waals surface area contributed by atoms with E-state index < -0.39 is 0 Å². The summed E-state index contributed by atoms with van der Waals surface area (Å²) in [6.45, 7) is 3.43. The number of fused-ring (bicyclic) bond motifs is 1. The molecule has 2 heterocycles. The third kappa shape index (κ3) is 2.88. The third-order valence-corrected chi connectivity index (χ3v) is 4.00. The van der Waals surface area contributed by atoms with Crippen LogP contribution in [0.2, 0.25) is 0 Å². The summed E-state index contributed by atoms with van der Waals surface area (Å²) in [5, 5.41) is 6.51. The van der Waals surface area contributed by atoms with Crippen molar-refractivity contribution in [3.8, 4) is 11.5 Å². The van der Waals surface area contributed by atoms with E-state index in [1.165, 1.54) is 0 Å². The number of ether oxygens (including phenoxy) is 2. The predicted molar refractivity (Wildman–Crippen MR) is 74.9 cm³/mol. The van der Waals surface area contributed by atoms with Gasteiger partial charge in [0.05, 0.1) is 6.04 Å². The van der Waals surface area contributed by atoms with Crippen molar-refractivity contribution >= 4 is 11.3 Å². The normalized spacial score (nSPS) is 19.1. The molecule has 0 aliphatic carbocycles. The number of thiazole rings is 1. The van der Waals surface area contributed by atoms with Gasteiger partial charge >= 0.3 is 0 Å². The van der Waals surface area contributed by atoms with Crippen molar-refractivity contribution in [1.82, 2.24) is 10.3 Å². The van der Waals surface area contributed by atoms with Crippen molar-refractivity contribution < 1.29 is 9.47 Å². The molecule has 4 nitrogen and oxygen atoms in total. The molecule has 0 spiro atoms. The van der Waals surface area contributed by atoms with E-state index in [2.05, 4.69) is 17.2 Å². The number of nitrogens with zero attached hydrogens (tertiary/aromatic N) is 1. The topological polar surface area (TPSA) is 43.4 Å². The molecule has 19 heavy (non-hydrogen) atoms. The summed E-state index contributed by atoms with van der Waals surface area (Å²) in [6.07, 6.45) is 1.87. The fourth-order valence-corrected chi connectivity index (χ4v) is 2.68. The number of nitrogens with one attached hydrogen (secondary N) is 1. The van der Waals surface area contributed by atoms with Crippen molar-refractivity contribution in [1.29, 1.82) is 0 Å². The third-order valence-electron chi connectivity index (χ3n) is 3.04. The van der Waals surface area contributed by atoms with Crippen molar-refractivity contribution in [3.63, 3.8) is 0 Å². The van der Waals surface area contributed by atoms with Gasteiger partial charge in [-0.15, -0.1) is 11.3 Å². The molecule has 1 aromatic carbocycles. The Kier molecular flexibility index (Phi) is 3.66. The van der Waals surface area contributed by atoms with Crippen molar-refractivity contribution in [3.05, 3.63) is 40.8 Å². The Bertz CT molecular complexity index is 530. The van der Waals surface area contributed by atoms with Gasteiger partial charge in [0, 0.05) is 18.1 Å². The van der Waals surface area contributed by atoms with Gasteiger partial charge in [-0.2, -0.15) is 0 Å². The molecule has 0 fully saturated rings. The highest BCUT2D eigenvalue weighted by atomic mass is 32.1. The standard InChI is InChI=1S/C14H16N2O2S/c1-10(14-15-6-7-19-14)16-8-11-9-17-12-4-2-3-5-13(12)18-11/h2-7,10-11,16H,8-9H2,1H3/t10-,11+/m0/s1. The van der Waals surface area contributed by atoms with Crippen LogP contribution in [0.15, 0.2) is 35.8 Å². The second-order valence-corrected chi connectivity index (χ2v) is 5.42. The van der Waals surface area contributed by atoms with Crippen LogP contribution in [-0.2, 0) is 0 Å². The van der Waals surface area contributed by atoms with E-state index in [1.54, 1.807) is 11.3 Å². The maximum absolute atomic E-state index is 5.90. The van der Waals surface area contributed by atoms with Crippen LogP contribution in [0, 0.1) is 0 Å². The summed E-state index contributed by atoms with van der Waals surface area (Å²) in [5.41, 5.74) is 0. The molecule has 100 valence electrons. The molecule has 0 radical (unpaired) electrons. The van der Waals surface area contributed by atoms with Gasteiger partial charge in [0.25, 0.3) is 0 Å². The summed E-state index contributed by atoms with van der Waals surface area (Å²) >= 11 is 1.66. The van der Waals surface area contributed by atoms with Crippen LogP contribution in [0.4, 0.5) is 0 Å². The van der Waals surface area contributed by atoms with Crippen LogP contribution >= 0.6 is 11.3 Å². The molecule has 2 aromatic rings. The monoisotopic (exact) mass is 276 g/mol. The minimum atomic E-state index is 0.0392. The number of aromatic nitrogens is 1. The molecule has 0 saturated carbocycles. The largest absolute Gasteiger partial charge is 0.486 e. The summed E-state index contributed by atoms with van der Waals surface area (Å²) in [5.74, 6) is 1.65. The van der Waals surface area contributed by atoms with Gasteiger partial charge in [0.15, 0.2) is 11.5 Å². The van der Waals surface area contributed by atoms with Crippen LogP contribution in [-0.4, -0.2) is 24.2 Å². The zero-order valence-corrected chi connectivity index (χ0v) is 11.5. The number of rotatable bonds is 4. The maximum Gasteiger partial charge on any atom is 0.161 e. The van der Waals surface area contributed by atoms with E-state index in [0.29, 0.717) is 6.61 Å². The summed E-state index contributed by atoms with van der Waals surface area (Å²) in [6, 6.07) is 8.01. The van der Waals surface area contributed by atoms with E-state index in [4.69, 9.17) is 9.47 Å². The Balaban J connectivity index is 1.55. The number of para-hydroxylation sites is 2.